The zero-order valence-corrected chi connectivity index (χ0v) is 24.8. The van der Waals surface area contributed by atoms with Crippen LogP contribution < -0.4 is 16.4 Å². The second-order valence-electron chi connectivity index (χ2n) is 11.1. The Hall–Kier alpha value is -3.91. The monoisotopic (exact) mass is 547 g/mol. The normalized spacial score (nSPS) is 11.5. The SMILES string of the molecule is C=C(/C=C(/CNC(=O)c1ccc(-c2ccc(N)cc2)cc1)N=C(C)C)N(CCC(C)(C)C)CC(=O)NCCOC. The topological polar surface area (TPSA) is 109 Å². The van der Waals surface area contributed by atoms with Crippen LogP contribution in [0.2, 0.25) is 0 Å². The van der Waals surface area contributed by atoms with Crippen LogP contribution in [0.25, 0.3) is 11.1 Å². The average molecular weight is 548 g/mol. The van der Waals surface area contributed by atoms with Crippen molar-refractivity contribution < 1.29 is 14.3 Å². The molecule has 0 atom stereocenters. The molecule has 0 aliphatic rings. The number of anilines is 1. The number of carbonyl (C=O) groups excluding carboxylic acids is 2. The molecule has 8 heteroatoms. The molecular weight excluding hydrogens is 502 g/mol. The Bertz CT molecular complexity index is 1190. The lowest BCUT2D eigenvalue weighted by Crippen LogP contribution is -2.39. The molecule has 0 radical (unpaired) electrons. The number of aliphatic imine (C=N–C) groups is 1. The van der Waals surface area contributed by atoms with Gasteiger partial charge in [-0.1, -0.05) is 51.6 Å². The van der Waals surface area contributed by atoms with Crippen LogP contribution >= 0.6 is 0 Å². The molecule has 0 aliphatic carbocycles. The van der Waals surface area contributed by atoms with Gasteiger partial charge >= 0.3 is 0 Å². The van der Waals surface area contributed by atoms with Crippen molar-refractivity contribution >= 4 is 23.2 Å². The van der Waals surface area contributed by atoms with Gasteiger partial charge in [0.2, 0.25) is 5.91 Å². The van der Waals surface area contributed by atoms with Crippen LogP contribution in [0.5, 0.6) is 0 Å². The average Bonchev–Trinajstić information content (AvgIpc) is 2.89. The summed E-state index contributed by atoms with van der Waals surface area (Å²) in [6.45, 7) is 16.5. The number of ether oxygens (including phenoxy) is 1. The van der Waals surface area contributed by atoms with Gasteiger partial charge in [0.1, 0.15) is 0 Å². The number of nitrogens with zero attached hydrogens (tertiary/aromatic N) is 2. The van der Waals surface area contributed by atoms with E-state index in [1.165, 1.54) is 0 Å². The highest BCUT2D eigenvalue weighted by Crippen LogP contribution is 2.22. The van der Waals surface area contributed by atoms with Crippen LogP contribution in [-0.2, 0) is 9.53 Å². The van der Waals surface area contributed by atoms with Gasteiger partial charge in [-0.3, -0.25) is 14.6 Å². The molecule has 8 nitrogen and oxygen atoms in total. The standard InChI is InChI=1S/C32H45N5O3/c1-23(2)36-29(20-24(3)37(18-16-32(4,5)6)22-30(38)34-17-19-40-7)21-35-31(39)27-10-8-25(9-11-27)26-12-14-28(33)15-13-26/h8-15,20H,3,16-19,21-22,33H2,1-2,4-7H3,(H,34,38)(H,35,39)/b29-20-. The molecule has 2 amide bonds. The van der Waals surface area contributed by atoms with Crippen molar-refractivity contribution in [2.45, 2.75) is 41.0 Å². The lowest BCUT2D eigenvalue weighted by atomic mass is 9.92. The number of methoxy groups -OCH3 is 1. The largest absolute Gasteiger partial charge is 0.399 e. The lowest BCUT2D eigenvalue weighted by molar-refractivity contribution is -0.122. The number of nitrogens with one attached hydrogen (secondary N) is 2. The predicted octanol–water partition coefficient (Wildman–Crippen LogP) is 5.04. The molecule has 0 bridgehead atoms. The number of allylic oxidation sites excluding steroid dienone is 1. The zero-order chi connectivity index (χ0) is 29.7. The quantitative estimate of drug-likeness (QED) is 0.133. The van der Waals surface area contributed by atoms with Crippen LogP contribution in [0, 0.1) is 5.41 Å². The molecule has 4 N–H and O–H groups in total. The number of nitrogen functional groups attached to an aromatic ring is 1. The maximum Gasteiger partial charge on any atom is 0.251 e. The number of hydrogen-bond donors (Lipinski definition) is 3. The van der Waals surface area contributed by atoms with E-state index in [0.717, 1.165) is 23.3 Å². The predicted molar refractivity (Wildman–Crippen MR) is 165 cm³/mol. The first kappa shape index (κ1) is 32.3. The molecule has 0 unspecified atom stereocenters. The summed E-state index contributed by atoms with van der Waals surface area (Å²) in [7, 11) is 1.60. The molecule has 0 aromatic heterocycles. The lowest BCUT2D eigenvalue weighted by Gasteiger charge is -2.28. The number of nitrogens with two attached hydrogens (primary N) is 1. The molecular formula is C32H45N5O3. The summed E-state index contributed by atoms with van der Waals surface area (Å²) in [6, 6.07) is 15.0. The molecule has 0 saturated carbocycles. The van der Waals surface area contributed by atoms with Crippen molar-refractivity contribution in [1.82, 2.24) is 15.5 Å². The highest BCUT2D eigenvalue weighted by atomic mass is 16.5. The fraction of sp³-hybridized carbons (Fsp3) is 0.406. The number of hydrogen-bond acceptors (Lipinski definition) is 6. The van der Waals surface area contributed by atoms with Crippen LogP contribution in [0.15, 0.2) is 77.6 Å². The highest BCUT2D eigenvalue weighted by molar-refractivity contribution is 5.95. The molecule has 216 valence electrons. The van der Waals surface area contributed by atoms with Gasteiger partial charge in [-0.15, -0.1) is 0 Å². The van der Waals surface area contributed by atoms with Gasteiger partial charge in [-0.2, -0.15) is 0 Å². The smallest absolute Gasteiger partial charge is 0.251 e. The van der Waals surface area contributed by atoms with Gasteiger partial charge in [0.15, 0.2) is 0 Å². The third kappa shape index (κ3) is 11.9. The molecule has 0 heterocycles. The molecule has 0 fully saturated rings. The Balaban J connectivity index is 2.13. The van der Waals surface area contributed by atoms with Gasteiger partial charge in [-0.25, -0.2) is 0 Å². The number of amides is 2. The fourth-order valence-electron chi connectivity index (χ4n) is 3.77. The van der Waals surface area contributed by atoms with Crippen LogP contribution in [0.3, 0.4) is 0 Å². The van der Waals surface area contributed by atoms with Crippen molar-refractivity contribution in [3.63, 3.8) is 0 Å². The minimum atomic E-state index is -0.202. The van der Waals surface area contributed by atoms with Gasteiger partial charge < -0.3 is 26.0 Å². The van der Waals surface area contributed by atoms with Crippen LogP contribution in [0.4, 0.5) is 5.69 Å². The second kappa shape index (κ2) is 15.6. The third-order valence-corrected chi connectivity index (χ3v) is 6.02. The van der Waals surface area contributed by atoms with E-state index in [1.807, 2.05) is 61.2 Å². The molecule has 40 heavy (non-hydrogen) atoms. The summed E-state index contributed by atoms with van der Waals surface area (Å²) in [4.78, 5) is 32.1. The second-order valence-corrected chi connectivity index (χ2v) is 11.1. The van der Waals surface area contributed by atoms with E-state index < -0.39 is 0 Å². The van der Waals surface area contributed by atoms with E-state index >= 15 is 0 Å². The van der Waals surface area contributed by atoms with E-state index in [2.05, 4.69) is 43.0 Å². The molecule has 0 saturated heterocycles. The first-order valence-corrected chi connectivity index (χ1v) is 13.5. The summed E-state index contributed by atoms with van der Waals surface area (Å²) in [5, 5.41) is 5.83. The van der Waals surface area contributed by atoms with E-state index in [1.54, 1.807) is 19.2 Å². The first-order valence-electron chi connectivity index (χ1n) is 13.5. The summed E-state index contributed by atoms with van der Waals surface area (Å²) >= 11 is 0. The van der Waals surface area contributed by atoms with E-state index in [4.69, 9.17) is 10.5 Å². The van der Waals surface area contributed by atoms with Gasteiger partial charge in [0.05, 0.1) is 25.4 Å². The number of rotatable bonds is 14. The van der Waals surface area contributed by atoms with Crippen LogP contribution in [0.1, 0.15) is 51.4 Å². The third-order valence-electron chi connectivity index (χ3n) is 6.02. The minimum absolute atomic E-state index is 0.0904. The van der Waals surface area contributed by atoms with Crippen LogP contribution in [-0.4, -0.2) is 62.3 Å². The zero-order valence-electron chi connectivity index (χ0n) is 24.8. The summed E-state index contributed by atoms with van der Waals surface area (Å²) in [5.74, 6) is -0.306. The van der Waals surface area contributed by atoms with Crippen molar-refractivity contribution in [1.29, 1.82) is 0 Å². The summed E-state index contributed by atoms with van der Waals surface area (Å²) in [5.41, 5.74) is 11.3. The molecule has 2 rings (SSSR count). The fourth-order valence-corrected chi connectivity index (χ4v) is 3.77. The van der Waals surface area contributed by atoms with Gasteiger partial charge in [0.25, 0.3) is 5.91 Å². The molecule has 0 aliphatic heterocycles. The van der Waals surface area contributed by atoms with Gasteiger partial charge in [-0.05, 0) is 67.2 Å². The Kier molecular flexibility index (Phi) is 12.6. The highest BCUT2D eigenvalue weighted by Gasteiger charge is 2.17. The summed E-state index contributed by atoms with van der Waals surface area (Å²) < 4.78 is 5.03. The molecule has 2 aromatic carbocycles. The number of benzene rings is 2. The Morgan fingerprint density at radius 1 is 1.02 bits per heavy atom. The molecule has 2 aromatic rings. The van der Waals surface area contributed by atoms with Gasteiger partial charge in [0, 0.05) is 42.9 Å². The first-order chi connectivity index (χ1) is 18.9. The number of carbonyl (C=O) groups is 2. The van der Waals surface area contributed by atoms with Crippen molar-refractivity contribution in [2.24, 2.45) is 10.4 Å². The van der Waals surface area contributed by atoms with Crippen molar-refractivity contribution in [3.8, 4) is 11.1 Å². The minimum Gasteiger partial charge on any atom is -0.399 e. The maximum atomic E-state index is 12.9. The van der Waals surface area contributed by atoms with E-state index in [9.17, 15) is 9.59 Å². The Labute approximate surface area is 239 Å². The Morgan fingerprint density at radius 2 is 1.62 bits per heavy atom. The van der Waals surface area contributed by atoms with Crippen molar-refractivity contribution in [3.05, 3.63) is 78.1 Å². The van der Waals surface area contributed by atoms with E-state index in [0.29, 0.717) is 42.3 Å². The summed E-state index contributed by atoms with van der Waals surface area (Å²) in [6.07, 6.45) is 2.71. The van der Waals surface area contributed by atoms with E-state index in [-0.39, 0.29) is 30.3 Å². The Morgan fingerprint density at radius 3 is 2.17 bits per heavy atom. The maximum absolute atomic E-state index is 12.9. The molecule has 0 spiro atoms. The van der Waals surface area contributed by atoms with Crippen molar-refractivity contribution in [2.75, 3.05) is 45.6 Å².